The molecule has 3 rings (SSSR count). The molecule has 0 unspecified atom stereocenters. The SMILES string of the molecule is COc1ccccc1CCNC(=O)Cc1csc(NC(=O)c2ccsc2)n1. The number of carbonyl (C=O) groups excluding carboxylic acids is 2. The maximum absolute atomic E-state index is 12.1. The van der Waals surface area contributed by atoms with Gasteiger partial charge in [0.25, 0.3) is 5.91 Å². The highest BCUT2D eigenvalue weighted by Gasteiger charge is 2.11. The Hall–Kier alpha value is -2.71. The largest absolute Gasteiger partial charge is 0.496 e. The summed E-state index contributed by atoms with van der Waals surface area (Å²) in [6.45, 7) is 0.519. The normalized spacial score (nSPS) is 10.4. The van der Waals surface area contributed by atoms with Crippen LogP contribution in [0.4, 0.5) is 5.13 Å². The summed E-state index contributed by atoms with van der Waals surface area (Å²) in [5.41, 5.74) is 2.29. The van der Waals surface area contributed by atoms with E-state index in [0.29, 0.717) is 29.4 Å². The fraction of sp³-hybridized carbons (Fsp3) is 0.211. The van der Waals surface area contributed by atoms with Gasteiger partial charge in [-0.15, -0.1) is 11.3 Å². The zero-order valence-electron chi connectivity index (χ0n) is 14.7. The number of nitrogens with one attached hydrogen (secondary N) is 2. The Kier molecular flexibility index (Phi) is 6.56. The summed E-state index contributed by atoms with van der Waals surface area (Å²) in [7, 11) is 1.63. The first-order chi connectivity index (χ1) is 13.2. The van der Waals surface area contributed by atoms with E-state index in [4.69, 9.17) is 4.74 Å². The number of carbonyl (C=O) groups is 2. The molecule has 0 aliphatic rings. The van der Waals surface area contributed by atoms with Crippen molar-refractivity contribution < 1.29 is 14.3 Å². The van der Waals surface area contributed by atoms with E-state index in [-0.39, 0.29) is 18.2 Å². The van der Waals surface area contributed by atoms with Gasteiger partial charge in [0.2, 0.25) is 5.91 Å². The molecule has 2 aromatic heterocycles. The lowest BCUT2D eigenvalue weighted by molar-refractivity contribution is -0.120. The third kappa shape index (κ3) is 5.38. The number of benzene rings is 1. The molecule has 2 amide bonds. The van der Waals surface area contributed by atoms with Crippen LogP contribution in [0.3, 0.4) is 0 Å². The third-order valence-electron chi connectivity index (χ3n) is 3.81. The summed E-state index contributed by atoms with van der Waals surface area (Å²) >= 11 is 2.77. The Bertz CT molecular complexity index is 907. The maximum Gasteiger partial charge on any atom is 0.258 e. The third-order valence-corrected chi connectivity index (χ3v) is 5.30. The number of nitrogens with zero attached hydrogens (tertiary/aromatic N) is 1. The molecule has 6 nitrogen and oxygen atoms in total. The van der Waals surface area contributed by atoms with Crippen LogP contribution >= 0.6 is 22.7 Å². The molecule has 0 radical (unpaired) electrons. The Morgan fingerprint density at radius 1 is 1.19 bits per heavy atom. The molecule has 0 spiro atoms. The number of anilines is 1. The Morgan fingerprint density at radius 3 is 2.81 bits per heavy atom. The number of hydrogen-bond acceptors (Lipinski definition) is 6. The Balaban J connectivity index is 1.46. The molecule has 0 saturated heterocycles. The lowest BCUT2D eigenvalue weighted by atomic mass is 10.1. The second-order valence-corrected chi connectivity index (χ2v) is 7.34. The Labute approximate surface area is 165 Å². The number of aromatic nitrogens is 1. The van der Waals surface area contributed by atoms with E-state index in [2.05, 4.69) is 15.6 Å². The van der Waals surface area contributed by atoms with Gasteiger partial charge < -0.3 is 10.1 Å². The number of ether oxygens (including phenoxy) is 1. The average Bonchev–Trinajstić information content (AvgIpc) is 3.34. The van der Waals surface area contributed by atoms with Crippen molar-refractivity contribution in [3.8, 4) is 5.75 Å². The van der Waals surface area contributed by atoms with Gasteiger partial charge in [0, 0.05) is 17.3 Å². The summed E-state index contributed by atoms with van der Waals surface area (Å²) in [6, 6.07) is 9.49. The summed E-state index contributed by atoms with van der Waals surface area (Å²) in [5, 5.41) is 11.5. The number of amides is 2. The van der Waals surface area contributed by atoms with Crippen molar-refractivity contribution in [1.29, 1.82) is 0 Å². The van der Waals surface area contributed by atoms with Crippen molar-refractivity contribution in [2.75, 3.05) is 19.0 Å². The van der Waals surface area contributed by atoms with Gasteiger partial charge in [0.15, 0.2) is 5.13 Å². The highest BCUT2D eigenvalue weighted by Crippen LogP contribution is 2.18. The minimum atomic E-state index is -0.196. The molecule has 3 aromatic rings. The molecular formula is C19H19N3O3S2. The van der Waals surface area contributed by atoms with Gasteiger partial charge in [-0.25, -0.2) is 4.98 Å². The van der Waals surface area contributed by atoms with Crippen LogP contribution in [0.15, 0.2) is 46.5 Å². The maximum atomic E-state index is 12.1. The molecular weight excluding hydrogens is 382 g/mol. The van der Waals surface area contributed by atoms with E-state index < -0.39 is 0 Å². The van der Waals surface area contributed by atoms with Crippen LogP contribution in [0.1, 0.15) is 21.6 Å². The Morgan fingerprint density at radius 2 is 2.04 bits per heavy atom. The number of rotatable bonds is 8. The van der Waals surface area contributed by atoms with Gasteiger partial charge in [-0.3, -0.25) is 14.9 Å². The van der Waals surface area contributed by atoms with E-state index in [0.717, 1.165) is 11.3 Å². The molecule has 0 atom stereocenters. The fourth-order valence-corrected chi connectivity index (χ4v) is 3.82. The molecule has 0 aliphatic carbocycles. The van der Waals surface area contributed by atoms with E-state index in [1.807, 2.05) is 29.6 Å². The van der Waals surface area contributed by atoms with Crippen LogP contribution in [0.25, 0.3) is 0 Å². The van der Waals surface area contributed by atoms with Gasteiger partial charge in [-0.1, -0.05) is 18.2 Å². The molecule has 0 fully saturated rings. The molecule has 2 heterocycles. The molecule has 1 aromatic carbocycles. The predicted octanol–water partition coefficient (Wildman–Crippen LogP) is 3.37. The highest BCUT2D eigenvalue weighted by molar-refractivity contribution is 7.14. The van der Waals surface area contributed by atoms with Crippen LogP contribution in [0.2, 0.25) is 0 Å². The smallest absolute Gasteiger partial charge is 0.258 e. The minimum Gasteiger partial charge on any atom is -0.496 e. The molecule has 0 saturated carbocycles. The van der Waals surface area contributed by atoms with Crippen LogP contribution < -0.4 is 15.4 Å². The lowest BCUT2D eigenvalue weighted by Crippen LogP contribution is -2.27. The molecule has 0 bridgehead atoms. The molecule has 0 aliphatic heterocycles. The number of para-hydroxylation sites is 1. The second kappa shape index (κ2) is 9.29. The van der Waals surface area contributed by atoms with Crippen LogP contribution in [-0.2, 0) is 17.6 Å². The van der Waals surface area contributed by atoms with Crippen molar-refractivity contribution in [2.24, 2.45) is 0 Å². The summed E-state index contributed by atoms with van der Waals surface area (Å²) in [5.74, 6) is 0.515. The van der Waals surface area contributed by atoms with Crippen LogP contribution in [-0.4, -0.2) is 30.5 Å². The standard InChI is InChI=1S/C19H19N3O3S2/c1-25-16-5-3-2-4-13(16)6-8-20-17(23)10-15-12-27-19(21-15)22-18(24)14-7-9-26-11-14/h2-5,7,9,11-12H,6,8,10H2,1H3,(H,20,23)(H,21,22,24). The minimum absolute atomic E-state index is 0.106. The van der Waals surface area contributed by atoms with Crippen molar-refractivity contribution in [2.45, 2.75) is 12.8 Å². The predicted molar refractivity (Wildman–Crippen MR) is 108 cm³/mol. The summed E-state index contributed by atoms with van der Waals surface area (Å²) < 4.78 is 5.30. The summed E-state index contributed by atoms with van der Waals surface area (Å²) in [4.78, 5) is 28.4. The van der Waals surface area contributed by atoms with E-state index >= 15 is 0 Å². The van der Waals surface area contributed by atoms with Gasteiger partial charge in [-0.05, 0) is 29.5 Å². The van der Waals surface area contributed by atoms with E-state index in [9.17, 15) is 9.59 Å². The van der Waals surface area contributed by atoms with E-state index in [1.54, 1.807) is 23.9 Å². The fourth-order valence-electron chi connectivity index (χ4n) is 2.48. The zero-order valence-corrected chi connectivity index (χ0v) is 16.4. The number of thiophene rings is 1. The topological polar surface area (TPSA) is 80.3 Å². The first-order valence-electron chi connectivity index (χ1n) is 8.32. The zero-order chi connectivity index (χ0) is 19.1. The monoisotopic (exact) mass is 401 g/mol. The van der Waals surface area contributed by atoms with Crippen molar-refractivity contribution in [3.05, 3.63) is 63.3 Å². The average molecular weight is 402 g/mol. The number of methoxy groups -OCH3 is 1. The highest BCUT2D eigenvalue weighted by atomic mass is 32.1. The lowest BCUT2D eigenvalue weighted by Gasteiger charge is -2.08. The van der Waals surface area contributed by atoms with Gasteiger partial charge in [0.05, 0.1) is 24.8 Å². The van der Waals surface area contributed by atoms with Gasteiger partial charge in [-0.2, -0.15) is 11.3 Å². The van der Waals surface area contributed by atoms with Gasteiger partial charge >= 0.3 is 0 Å². The first kappa shape index (κ1) is 19.1. The summed E-state index contributed by atoms with van der Waals surface area (Å²) in [6.07, 6.45) is 0.867. The van der Waals surface area contributed by atoms with Crippen molar-refractivity contribution in [3.63, 3.8) is 0 Å². The number of hydrogen-bond donors (Lipinski definition) is 2. The van der Waals surface area contributed by atoms with Crippen LogP contribution in [0.5, 0.6) is 5.75 Å². The molecule has 140 valence electrons. The van der Waals surface area contributed by atoms with E-state index in [1.165, 1.54) is 22.7 Å². The molecule has 8 heteroatoms. The van der Waals surface area contributed by atoms with Crippen molar-refractivity contribution in [1.82, 2.24) is 10.3 Å². The van der Waals surface area contributed by atoms with Gasteiger partial charge in [0.1, 0.15) is 5.75 Å². The molecule has 2 N–H and O–H groups in total. The molecule has 27 heavy (non-hydrogen) atoms. The second-order valence-electron chi connectivity index (χ2n) is 5.70. The first-order valence-corrected chi connectivity index (χ1v) is 10.1. The number of thiazole rings is 1. The quantitative estimate of drug-likeness (QED) is 0.606. The van der Waals surface area contributed by atoms with Crippen molar-refractivity contribution >= 4 is 39.6 Å². The van der Waals surface area contributed by atoms with Crippen LogP contribution in [0, 0.1) is 0 Å².